The van der Waals surface area contributed by atoms with Crippen molar-refractivity contribution in [3.63, 3.8) is 0 Å². The number of H-pyrrole nitrogens is 1. The van der Waals surface area contributed by atoms with Crippen LogP contribution in [-0.2, 0) is 11.3 Å². The lowest BCUT2D eigenvalue weighted by Crippen LogP contribution is -2.50. The van der Waals surface area contributed by atoms with E-state index in [0.717, 1.165) is 25.7 Å². The predicted octanol–water partition coefficient (Wildman–Crippen LogP) is 2.71. The van der Waals surface area contributed by atoms with E-state index in [-0.39, 0.29) is 35.9 Å². The van der Waals surface area contributed by atoms with Gasteiger partial charge in [0, 0.05) is 24.6 Å². The second kappa shape index (κ2) is 9.71. The number of aromatic nitrogens is 5. The van der Waals surface area contributed by atoms with Crippen LogP contribution in [-0.4, -0.2) is 42.4 Å². The van der Waals surface area contributed by atoms with Gasteiger partial charge >= 0.3 is 0 Å². The van der Waals surface area contributed by atoms with Gasteiger partial charge in [0.15, 0.2) is 0 Å². The summed E-state index contributed by atoms with van der Waals surface area (Å²) in [4.78, 5) is 41.1. The van der Waals surface area contributed by atoms with Crippen molar-refractivity contribution in [2.45, 2.75) is 58.2 Å². The molecule has 2 amide bonds. The highest BCUT2D eigenvalue weighted by Gasteiger charge is 2.48. The molecule has 0 aliphatic heterocycles. The van der Waals surface area contributed by atoms with Gasteiger partial charge in [-0.05, 0) is 69.4 Å². The number of hydrogen-bond acceptors (Lipinski definition) is 5. The van der Waals surface area contributed by atoms with Crippen LogP contribution in [0.1, 0.15) is 61.6 Å². The average molecular weight is 496 g/mol. The van der Waals surface area contributed by atoms with Crippen molar-refractivity contribution in [3.05, 3.63) is 64.3 Å². The summed E-state index contributed by atoms with van der Waals surface area (Å²) in [6.07, 6.45) is 10.0. The van der Waals surface area contributed by atoms with Gasteiger partial charge in [0.25, 0.3) is 11.5 Å². The highest BCUT2D eigenvalue weighted by Crippen LogP contribution is 2.50. The topological polar surface area (TPSA) is 127 Å². The third-order valence-electron chi connectivity index (χ3n) is 6.91. The molecule has 3 aromatic rings. The second-order valence-corrected chi connectivity index (χ2v) is 10.0. The number of anilines is 1. The number of amides is 2. The summed E-state index contributed by atoms with van der Waals surface area (Å²) in [7, 11) is 0. The number of halogens is 1. The van der Waals surface area contributed by atoms with Gasteiger partial charge in [0.05, 0.1) is 24.0 Å². The normalized spacial score (nSPS) is 16.4. The van der Waals surface area contributed by atoms with Gasteiger partial charge in [0.2, 0.25) is 5.91 Å². The first-order valence-electron chi connectivity index (χ1n) is 12.4. The molecule has 5 rings (SSSR count). The number of carbonyl (C=O) groups is 2. The highest BCUT2D eigenvalue weighted by atomic mass is 19.1. The summed E-state index contributed by atoms with van der Waals surface area (Å²) in [5, 5.41) is 14.3. The van der Waals surface area contributed by atoms with Crippen LogP contribution in [0.5, 0.6) is 0 Å². The Morgan fingerprint density at radius 1 is 1.17 bits per heavy atom. The maximum atomic E-state index is 14.0. The fourth-order valence-electron chi connectivity index (χ4n) is 4.88. The van der Waals surface area contributed by atoms with E-state index in [9.17, 15) is 18.8 Å². The van der Waals surface area contributed by atoms with Crippen molar-refractivity contribution < 1.29 is 14.0 Å². The van der Waals surface area contributed by atoms with E-state index < -0.39 is 17.4 Å². The van der Waals surface area contributed by atoms with Crippen LogP contribution in [0.15, 0.2) is 41.7 Å². The van der Waals surface area contributed by atoms with E-state index in [0.29, 0.717) is 23.2 Å². The lowest BCUT2D eigenvalue weighted by atomic mass is 9.88. The Morgan fingerprint density at radius 2 is 1.89 bits per heavy atom. The quantitative estimate of drug-likeness (QED) is 0.399. The van der Waals surface area contributed by atoms with Gasteiger partial charge < -0.3 is 15.6 Å². The molecule has 11 heteroatoms. The number of pyridine rings is 1. The first-order valence-corrected chi connectivity index (χ1v) is 12.4. The summed E-state index contributed by atoms with van der Waals surface area (Å²) in [6, 6.07) is 2.13. The third-order valence-corrected chi connectivity index (χ3v) is 6.91. The average Bonchev–Trinajstić information content (AvgIpc) is 3.76. The predicted molar refractivity (Wildman–Crippen MR) is 130 cm³/mol. The Kier molecular flexibility index (Phi) is 6.46. The fraction of sp³-hybridized carbons (Fsp3) is 0.480. The van der Waals surface area contributed by atoms with Crippen LogP contribution in [0.3, 0.4) is 0 Å². The Labute approximate surface area is 207 Å². The molecular formula is C25H30FN7O3. The molecule has 2 aliphatic carbocycles. The van der Waals surface area contributed by atoms with Gasteiger partial charge in [0.1, 0.15) is 17.6 Å². The van der Waals surface area contributed by atoms with Crippen molar-refractivity contribution in [2.24, 2.45) is 17.8 Å². The van der Waals surface area contributed by atoms with Crippen molar-refractivity contribution in [2.75, 3.05) is 5.32 Å². The van der Waals surface area contributed by atoms with Gasteiger partial charge in [-0.3, -0.25) is 23.7 Å². The van der Waals surface area contributed by atoms with E-state index in [4.69, 9.17) is 0 Å². The molecule has 0 saturated heterocycles. The number of rotatable bonds is 10. The second-order valence-electron chi connectivity index (χ2n) is 10.0. The molecule has 36 heavy (non-hydrogen) atoms. The first-order chi connectivity index (χ1) is 17.3. The SMILES string of the molecule is CC(C)n1nccc1C(=O)NC(C(=O)Nc1cnn(Cc2c(F)cc[nH]c2=O)c1)C(C1CC1)C1CC1. The Balaban J connectivity index is 1.34. The van der Waals surface area contributed by atoms with Crippen LogP contribution in [0, 0.1) is 23.6 Å². The molecule has 0 spiro atoms. The summed E-state index contributed by atoms with van der Waals surface area (Å²) < 4.78 is 17.1. The van der Waals surface area contributed by atoms with Crippen molar-refractivity contribution in [3.8, 4) is 0 Å². The minimum atomic E-state index is -0.703. The van der Waals surface area contributed by atoms with Crippen molar-refractivity contribution in [1.29, 1.82) is 0 Å². The van der Waals surface area contributed by atoms with Crippen LogP contribution >= 0.6 is 0 Å². The minimum Gasteiger partial charge on any atom is -0.339 e. The molecule has 0 bridgehead atoms. The minimum absolute atomic E-state index is 0.00298. The van der Waals surface area contributed by atoms with E-state index in [1.807, 2.05) is 13.8 Å². The Hall–Kier alpha value is -3.76. The van der Waals surface area contributed by atoms with E-state index in [1.54, 1.807) is 23.1 Å². The Bertz CT molecular complexity index is 1310. The van der Waals surface area contributed by atoms with Crippen LogP contribution in [0.4, 0.5) is 10.1 Å². The first kappa shape index (κ1) is 24.0. The summed E-state index contributed by atoms with van der Waals surface area (Å²) >= 11 is 0. The monoisotopic (exact) mass is 495 g/mol. The number of nitrogens with one attached hydrogen (secondary N) is 3. The highest BCUT2D eigenvalue weighted by molar-refractivity contribution is 6.00. The zero-order chi connectivity index (χ0) is 25.4. The summed E-state index contributed by atoms with van der Waals surface area (Å²) in [6.45, 7) is 3.81. The zero-order valence-electron chi connectivity index (χ0n) is 20.3. The fourth-order valence-corrected chi connectivity index (χ4v) is 4.88. The summed E-state index contributed by atoms with van der Waals surface area (Å²) in [5.41, 5.74) is 0.241. The standard InChI is InChI=1S/C25H30FN7O3/c1-14(2)33-20(8-10-28-33)24(35)31-22(21(15-3-4-15)16-5-6-16)25(36)30-17-11-29-32(12-17)13-18-19(26)7-9-27-23(18)34/h7-12,14-16,21-22H,3-6,13H2,1-2H3,(H,27,34)(H,30,36)(H,31,35). The maximum Gasteiger partial charge on any atom is 0.270 e. The van der Waals surface area contributed by atoms with Gasteiger partial charge in [-0.25, -0.2) is 4.39 Å². The molecule has 190 valence electrons. The number of aromatic amines is 1. The lowest BCUT2D eigenvalue weighted by Gasteiger charge is -2.27. The zero-order valence-corrected chi connectivity index (χ0v) is 20.3. The van der Waals surface area contributed by atoms with Crippen LogP contribution in [0.25, 0.3) is 0 Å². The molecular weight excluding hydrogens is 465 g/mol. The third kappa shape index (κ3) is 5.09. The molecule has 10 nitrogen and oxygen atoms in total. The maximum absolute atomic E-state index is 14.0. The number of carbonyl (C=O) groups excluding carboxylic acids is 2. The van der Waals surface area contributed by atoms with Crippen LogP contribution < -0.4 is 16.2 Å². The van der Waals surface area contributed by atoms with Crippen LogP contribution in [0.2, 0.25) is 0 Å². The molecule has 3 heterocycles. The number of hydrogen-bond donors (Lipinski definition) is 3. The smallest absolute Gasteiger partial charge is 0.270 e. The molecule has 2 saturated carbocycles. The van der Waals surface area contributed by atoms with Gasteiger partial charge in [-0.2, -0.15) is 10.2 Å². The molecule has 0 radical (unpaired) electrons. The molecule has 2 fully saturated rings. The molecule has 3 aromatic heterocycles. The van der Waals surface area contributed by atoms with Crippen molar-refractivity contribution >= 4 is 17.5 Å². The van der Waals surface area contributed by atoms with E-state index in [1.165, 1.54) is 23.1 Å². The molecule has 1 unspecified atom stereocenters. The molecule has 0 aromatic carbocycles. The lowest BCUT2D eigenvalue weighted by molar-refractivity contribution is -0.119. The molecule has 2 aliphatic rings. The Morgan fingerprint density at radius 3 is 2.53 bits per heavy atom. The van der Waals surface area contributed by atoms with E-state index in [2.05, 4.69) is 25.8 Å². The van der Waals surface area contributed by atoms with Gasteiger partial charge in [-0.15, -0.1) is 0 Å². The largest absolute Gasteiger partial charge is 0.339 e. The van der Waals surface area contributed by atoms with E-state index >= 15 is 0 Å². The summed E-state index contributed by atoms with van der Waals surface area (Å²) in [5.74, 6) is -0.373. The van der Waals surface area contributed by atoms with Crippen molar-refractivity contribution in [1.82, 2.24) is 29.9 Å². The van der Waals surface area contributed by atoms with Gasteiger partial charge in [-0.1, -0.05) is 0 Å². The number of nitrogens with zero attached hydrogens (tertiary/aromatic N) is 4. The molecule has 1 atom stereocenters. The molecule has 3 N–H and O–H groups in total.